The molecular weight excluding hydrogens is 306 g/mol. The molecule has 0 fully saturated rings. The SMILES string of the molecule is Nc1cc(Cl)c(Nc2ccc(Cl)cc2F)c(C(=O)O)c1. The fourth-order valence-electron chi connectivity index (χ4n) is 1.65. The normalized spacial score (nSPS) is 10.3. The van der Waals surface area contributed by atoms with E-state index in [4.69, 9.17) is 34.0 Å². The van der Waals surface area contributed by atoms with Crippen molar-refractivity contribution < 1.29 is 14.3 Å². The van der Waals surface area contributed by atoms with Crippen LogP contribution in [0.25, 0.3) is 0 Å². The molecule has 20 heavy (non-hydrogen) atoms. The average molecular weight is 315 g/mol. The third-order valence-corrected chi connectivity index (χ3v) is 3.07. The van der Waals surface area contributed by atoms with E-state index in [0.717, 1.165) is 6.07 Å². The summed E-state index contributed by atoms with van der Waals surface area (Å²) in [5, 5.41) is 12.1. The maximum atomic E-state index is 13.7. The number of anilines is 3. The minimum Gasteiger partial charge on any atom is -0.478 e. The lowest BCUT2D eigenvalue weighted by atomic mass is 10.1. The summed E-state index contributed by atoms with van der Waals surface area (Å²) in [6.45, 7) is 0. The topological polar surface area (TPSA) is 75.3 Å². The van der Waals surface area contributed by atoms with E-state index >= 15 is 0 Å². The maximum Gasteiger partial charge on any atom is 0.337 e. The monoisotopic (exact) mass is 314 g/mol. The second kappa shape index (κ2) is 5.56. The van der Waals surface area contributed by atoms with Gasteiger partial charge >= 0.3 is 5.97 Å². The van der Waals surface area contributed by atoms with Crippen molar-refractivity contribution in [3.05, 3.63) is 51.8 Å². The van der Waals surface area contributed by atoms with Crippen LogP contribution in [0.15, 0.2) is 30.3 Å². The zero-order valence-electron chi connectivity index (χ0n) is 9.95. The number of hydrogen-bond donors (Lipinski definition) is 3. The van der Waals surface area contributed by atoms with E-state index in [2.05, 4.69) is 5.32 Å². The molecule has 0 spiro atoms. The van der Waals surface area contributed by atoms with Crippen LogP contribution in [-0.2, 0) is 0 Å². The Morgan fingerprint density at radius 1 is 1.25 bits per heavy atom. The summed E-state index contributed by atoms with van der Waals surface area (Å²) in [4.78, 5) is 11.2. The van der Waals surface area contributed by atoms with Gasteiger partial charge in [-0.25, -0.2) is 9.18 Å². The number of halogens is 3. The Hall–Kier alpha value is -1.98. The average Bonchev–Trinajstić information content (AvgIpc) is 2.34. The summed E-state index contributed by atoms with van der Waals surface area (Å²) in [5.41, 5.74) is 5.72. The largest absolute Gasteiger partial charge is 0.478 e. The molecule has 104 valence electrons. The number of carboxylic acids is 1. The molecule has 2 rings (SSSR count). The Morgan fingerprint density at radius 3 is 2.55 bits per heavy atom. The van der Waals surface area contributed by atoms with Crippen LogP contribution in [0.2, 0.25) is 10.0 Å². The van der Waals surface area contributed by atoms with Crippen LogP contribution in [0.1, 0.15) is 10.4 Å². The second-order valence-electron chi connectivity index (χ2n) is 3.98. The molecule has 2 aromatic carbocycles. The molecule has 0 saturated carbocycles. The minimum absolute atomic E-state index is 0.0589. The molecule has 4 N–H and O–H groups in total. The molecule has 0 aliphatic carbocycles. The maximum absolute atomic E-state index is 13.7. The molecule has 0 heterocycles. The number of rotatable bonds is 3. The van der Waals surface area contributed by atoms with Gasteiger partial charge in [-0.1, -0.05) is 23.2 Å². The molecule has 0 bridgehead atoms. The van der Waals surface area contributed by atoms with Gasteiger partial charge in [-0.15, -0.1) is 0 Å². The first kappa shape index (κ1) is 14.4. The fourth-order valence-corrected chi connectivity index (χ4v) is 2.08. The zero-order chi connectivity index (χ0) is 14.9. The molecule has 0 aromatic heterocycles. The van der Waals surface area contributed by atoms with Gasteiger partial charge in [0.15, 0.2) is 0 Å². The van der Waals surface area contributed by atoms with Gasteiger partial charge in [0.1, 0.15) is 5.82 Å². The van der Waals surface area contributed by atoms with Gasteiger partial charge in [-0.3, -0.25) is 0 Å². The summed E-state index contributed by atoms with van der Waals surface area (Å²) >= 11 is 11.6. The first-order chi connectivity index (χ1) is 9.38. The molecular formula is C13H9Cl2FN2O2. The zero-order valence-corrected chi connectivity index (χ0v) is 11.5. The lowest BCUT2D eigenvalue weighted by molar-refractivity contribution is 0.0698. The van der Waals surface area contributed by atoms with Crippen molar-refractivity contribution in [2.75, 3.05) is 11.1 Å². The Morgan fingerprint density at radius 2 is 1.95 bits per heavy atom. The van der Waals surface area contributed by atoms with E-state index in [1.54, 1.807) is 0 Å². The van der Waals surface area contributed by atoms with E-state index in [0.29, 0.717) is 0 Å². The Kier molecular flexibility index (Phi) is 4.01. The standard InChI is InChI=1S/C13H9Cl2FN2O2/c14-6-1-2-11(10(16)3-6)18-12-8(13(19)20)4-7(17)5-9(12)15/h1-5,18H,17H2,(H,19,20). The van der Waals surface area contributed by atoms with Crippen LogP contribution in [-0.4, -0.2) is 11.1 Å². The third kappa shape index (κ3) is 2.95. The molecule has 0 aliphatic heterocycles. The number of nitrogen functional groups attached to an aromatic ring is 1. The van der Waals surface area contributed by atoms with E-state index in [-0.39, 0.29) is 32.7 Å². The quantitative estimate of drug-likeness (QED) is 0.744. The van der Waals surface area contributed by atoms with Crippen molar-refractivity contribution in [3.63, 3.8) is 0 Å². The lowest BCUT2D eigenvalue weighted by Crippen LogP contribution is -2.05. The molecule has 0 aliphatic rings. The predicted molar refractivity (Wildman–Crippen MR) is 77.5 cm³/mol. The second-order valence-corrected chi connectivity index (χ2v) is 4.82. The molecule has 4 nitrogen and oxygen atoms in total. The highest BCUT2D eigenvalue weighted by Crippen LogP contribution is 2.33. The Labute approximate surface area is 123 Å². The van der Waals surface area contributed by atoms with Gasteiger partial charge in [0, 0.05) is 10.7 Å². The van der Waals surface area contributed by atoms with Crippen LogP contribution in [0.5, 0.6) is 0 Å². The molecule has 2 aromatic rings. The summed E-state index contributed by atoms with van der Waals surface area (Å²) in [5.74, 6) is -1.85. The highest BCUT2D eigenvalue weighted by atomic mass is 35.5. The van der Waals surface area contributed by atoms with Crippen molar-refractivity contribution in [3.8, 4) is 0 Å². The number of nitrogens with one attached hydrogen (secondary N) is 1. The number of hydrogen-bond acceptors (Lipinski definition) is 3. The van der Waals surface area contributed by atoms with E-state index in [1.807, 2.05) is 0 Å². The van der Waals surface area contributed by atoms with Crippen molar-refractivity contribution in [1.82, 2.24) is 0 Å². The number of benzene rings is 2. The van der Waals surface area contributed by atoms with Gasteiger partial charge in [0.05, 0.1) is 22.0 Å². The van der Waals surface area contributed by atoms with Crippen molar-refractivity contribution in [2.45, 2.75) is 0 Å². The van der Waals surface area contributed by atoms with Crippen LogP contribution in [0.4, 0.5) is 21.5 Å². The summed E-state index contributed by atoms with van der Waals surface area (Å²) < 4.78 is 13.7. The van der Waals surface area contributed by atoms with Crippen LogP contribution >= 0.6 is 23.2 Å². The molecule has 7 heteroatoms. The molecule has 0 atom stereocenters. The Bertz CT molecular complexity index is 692. The smallest absolute Gasteiger partial charge is 0.337 e. The molecule has 0 radical (unpaired) electrons. The highest BCUT2D eigenvalue weighted by Gasteiger charge is 2.16. The lowest BCUT2D eigenvalue weighted by Gasteiger charge is -2.13. The van der Waals surface area contributed by atoms with Crippen molar-refractivity contribution in [2.24, 2.45) is 0 Å². The van der Waals surface area contributed by atoms with Crippen molar-refractivity contribution >= 4 is 46.2 Å². The summed E-state index contributed by atoms with van der Waals surface area (Å²) in [6, 6.07) is 6.58. The predicted octanol–water partition coefficient (Wildman–Crippen LogP) is 4.16. The van der Waals surface area contributed by atoms with Crippen molar-refractivity contribution in [1.29, 1.82) is 0 Å². The first-order valence-corrected chi connectivity index (χ1v) is 6.18. The molecule has 0 amide bonds. The van der Waals surface area contributed by atoms with Gasteiger partial charge in [-0.2, -0.15) is 0 Å². The fraction of sp³-hybridized carbons (Fsp3) is 0. The van der Waals surface area contributed by atoms with Gasteiger partial charge in [0.2, 0.25) is 0 Å². The Balaban J connectivity index is 2.50. The van der Waals surface area contributed by atoms with E-state index in [9.17, 15) is 9.18 Å². The van der Waals surface area contributed by atoms with Crippen LogP contribution in [0, 0.1) is 5.82 Å². The highest BCUT2D eigenvalue weighted by molar-refractivity contribution is 6.34. The third-order valence-electron chi connectivity index (χ3n) is 2.53. The first-order valence-electron chi connectivity index (χ1n) is 5.43. The molecule has 0 saturated heterocycles. The van der Waals surface area contributed by atoms with E-state index < -0.39 is 11.8 Å². The van der Waals surface area contributed by atoms with Gasteiger partial charge < -0.3 is 16.2 Å². The number of carbonyl (C=O) groups is 1. The number of carboxylic acid groups (broad SMARTS) is 1. The summed E-state index contributed by atoms with van der Waals surface area (Å²) in [6.07, 6.45) is 0. The van der Waals surface area contributed by atoms with Crippen LogP contribution in [0.3, 0.4) is 0 Å². The summed E-state index contributed by atoms with van der Waals surface area (Å²) in [7, 11) is 0. The van der Waals surface area contributed by atoms with E-state index in [1.165, 1.54) is 24.3 Å². The minimum atomic E-state index is -1.23. The number of nitrogens with two attached hydrogens (primary N) is 1. The van der Waals surface area contributed by atoms with Gasteiger partial charge in [-0.05, 0) is 30.3 Å². The molecule has 0 unspecified atom stereocenters. The van der Waals surface area contributed by atoms with Gasteiger partial charge in [0.25, 0.3) is 0 Å². The van der Waals surface area contributed by atoms with Crippen LogP contribution < -0.4 is 11.1 Å². The number of aromatic carboxylic acids is 1.